The van der Waals surface area contributed by atoms with E-state index in [0.29, 0.717) is 5.75 Å². The Hall–Kier alpha value is -2.02. The molecular formula is C15H14O. The zero-order valence-electron chi connectivity index (χ0n) is 9.22. The van der Waals surface area contributed by atoms with E-state index in [0.717, 1.165) is 16.7 Å². The Morgan fingerprint density at radius 2 is 1.75 bits per heavy atom. The van der Waals surface area contributed by atoms with Gasteiger partial charge in [-0.1, -0.05) is 48.6 Å². The van der Waals surface area contributed by atoms with E-state index in [1.54, 1.807) is 6.07 Å². The Kier molecular flexibility index (Phi) is 3.06. The summed E-state index contributed by atoms with van der Waals surface area (Å²) in [7, 11) is 0. The van der Waals surface area contributed by atoms with Gasteiger partial charge in [-0.15, -0.1) is 0 Å². The van der Waals surface area contributed by atoms with Crippen LogP contribution in [0, 0.1) is 0 Å². The Morgan fingerprint density at radius 1 is 1.00 bits per heavy atom. The fourth-order valence-corrected chi connectivity index (χ4v) is 1.70. The van der Waals surface area contributed by atoms with Crippen molar-refractivity contribution in [3.63, 3.8) is 0 Å². The van der Waals surface area contributed by atoms with E-state index in [2.05, 4.69) is 0 Å². The minimum atomic E-state index is 0.319. The quantitative estimate of drug-likeness (QED) is 0.791. The molecule has 1 N–H and O–H groups in total. The first-order chi connectivity index (χ1) is 7.81. The van der Waals surface area contributed by atoms with Crippen molar-refractivity contribution in [2.45, 2.75) is 6.92 Å². The van der Waals surface area contributed by atoms with Crippen LogP contribution < -0.4 is 0 Å². The van der Waals surface area contributed by atoms with Crippen LogP contribution in [-0.4, -0.2) is 5.11 Å². The number of hydrogen-bond donors (Lipinski definition) is 1. The minimum absolute atomic E-state index is 0.319. The second-order valence-electron chi connectivity index (χ2n) is 3.64. The molecule has 0 amide bonds. The number of aromatic hydroxyl groups is 1. The van der Waals surface area contributed by atoms with Crippen LogP contribution in [0.5, 0.6) is 5.75 Å². The van der Waals surface area contributed by atoms with Crippen LogP contribution in [0.25, 0.3) is 17.2 Å². The van der Waals surface area contributed by atoms with Crippen molar-refractivity contribution in [1.82, 2.24) is 0 Å². The van der Waals surface area contributed by atoms with Gasteiger partial charge >= 0.3 is 0 Å². The second kappa shape index (κ2) is 4.67. The van der Waals surface area contributed by atoms with E-state index in [-0.39, 0.29) is 0 Å². The predicted molar refractivity (Wildman–Crippen MR) is 68.3 cm³/mol. The van der Waals surface area contributed by atoms with E-state index < -0.39 is 0 Å². The molecule has 0 saturated heterocycles. The molecule has 0 aliphatic heterocycles. The van der Waals surface area contributed by atoms with Gasteiger partial charge in [-0.05, 0) is 30.2 Å². The average Bonchev–Trinajstić information content (AvgIpc) is 2.33. The van der Waals surface area contributed by atoms with Crippen molar-refractivity contribution in [3.05, 3.63) is 60.2 Å². The van der Waals surface area contributed by atoms with Gasteiger partial charge in [0.1, 0.15) is 5.75 Å². The van der Waals surface area contributed by atoms with Crippen LogP contribution in [0.2, 0.25) is 0 Å². The molecule has 0 saturated carbocycles. The number of rotatable bonds is 2. The molecule has 0 bridgehead atoms. The zero-order chi connectivity index (χ0) is 11.4. The Morgan fingerprint density at radius 3 is 2.44 bits per heavy atom. The molecule has 0 aromatic heterocycles. The summed E-state index contributed by atoms with van der Waals surface area (Å²) in [5.41, 5.74) is 3.00. The summed E-state index contributed by atoms with van der Waals surface area (Å²) in [4.78, 5) is 0. The number of phenolic OH excluding ortho intramolecular Hbond substituents is 1. The van der Waals surface area contributed by atoms with E-state index in [1.165, 1.54) is 0 Å². The molecule has 1 heteroatoms. The zero-order valence-corrected chi connectivity index (χ0v) is 9.22. The second-order valence-corrected chi connectivity index (χ2v) is 3.64. The van der Waals surface area contributed by atoms with Crippen molar-refractivity contribution < 1.29 is 5.11 Å². The molecule has 0 radical (unpaired) electrons. The van der Waals surface area contributed by atoms with Crippen LogP contribution in [-0.2, 0) is 0 Å². The summed E-state index contributed by atoms with van der Waals surface area (Å²) < 4.78 is 0. The van der Waals surface area contributed by atoms with Gasteiger partial charge in [0.05, 0.1) is 0 Å². The summed E-state index contributed by atoms with van der Waals surface area (Å²) >= 11 is 0. The molecule has 2 rings (SSSR count). The summed E-state index contributed by atoms with van der Waals surface area (Å²) in [6.45, 7) is 1.98. The van der Waals surface area contributed by atoms with Crippen molar-refractivity contribution in [2.24, 2.45) is 0 Å². The molecule has 0 aliphatic carbocycles. The lowest BCUT2D eigenvalue weighted by molar-refractivity contribution is 0.477. The molecule has 16 heavy (non-hydrogen) atoms. The van der Waals surface area contributed by atoms with Gasteiger partial charge < -0.3 is 5.11 Å². The standard InChI is InChI=1S/C15H14O/c1-2-6-12-9-10-15(16)14(11-12)13-7-4-3-5-8-13/h2-11,16H,1H3. The van der Waals surface area contributed by atoms with Crippen molar-refractivity contribution in [2.75, 3.05) is 0 Å². The van der Waals surface area contributed by atoms with Gasteiger partial charge in [-0.2, -0.15) is 0 Å². The van der Waals surface area contributed by atoms with Gasteiger partial charge in [0.15, 0.2) is 0 Å². The highest BCUT2D eigenvalue weighted by molar-refractivity contribution is 5.73. The Labute approximate surface area is 95.7 Å². The normalized spacial score (nSPS) is 10.8. The third-order valence-electron chi connectivity index (χ3n) is 2.46. The summed E-state index contributed by atoms with van der Waals surface area (Å²) in [6.07, 6.45) is 4.01. The highest BCUT2D eigenvalue weighted by atomic mass is 16.3. The lowest BCUT2D eigenvalue weighted by Gasteiger charge is -2.05. The highest BCUT2D eigenvalue weighted by Crippen LogP contribution is 2.30. The number of benzene rings is 2. The SMILES string of the molecule is CC=Cc1ccc(O)c(-c2ccccc2)c1. The van der Waals surface area contributed by atoms with E-state index in [4.69, 9.17) is 0 Å². The third-order valence-corrected chi connectivity index (χ3v) is 2.46. The Bertz CT molecular complexity index is 498. The first-order valence-electron chi connectivity index (χ1n) is 5.32. The van der Waals surface area contributed by atoms with E-state index >= 15 is 0 Å². The van der Waals surface area contributed by atoms with Crippen LogP contribution in [0.4, 0.5) is 0 Å². The highest BCUT2D eigenvalue weighted by Gasteiger charge is 2.03. The third kappa shape index (κ3) is 2.14. The van der Waals surface area contributed by atoms with Gasteiger partial charge in [0, 0.05) is 5.56 Å². The van der Waals surface area contributed by atoms with Crippen molar-refractivity contribution in [1.29, 1.82) is 0 Å². The van der Waals surface area contributed by atoms with Gasteiger partial charge in [0.2, 0.25) is 0 Å². The molecule has 0 unspecified atom stereocenters. The minimum Gasteiger partial charge on any atom is -0.507 e. The van der Waals surface area contributed by atoms with Gasteiger partial charge in [-0.3, -0.25) is 0 Å². The first-order valence-corrected chi connectivity index (χ1v) is 5.32. The molecule has 1 nitrogen and oxygen atoms in total. The summed E-state index contributed by atoms with van der Waals surface area (Å²) in [6, 6.07) is 15.5. The van der Waals surface area contributed by atoms with Crippen LogP contribution in [0.15, 0.2) is 54.6 Å². The molecule has 80 valence electrons. The first kappa shape index (κ1) is 10.5. The molecule has 0 aliphatic rings. The lowest BCUT2D eigenvalue weighted by Crippen LogP contribution is -1.80. The van der Waals surface area contributed by atoms with Crippen LogP contribution >= 0.6 is 0 Å². The van der Waals surface area contributed by atoms with Crippen LogP contribution in [0.1, 0.15) is 12.5 Å². The molecule has 0 heterocycles. The molecule has 2 aromatic carbocycles. The molecule has 0 fully saturated rings. The topological polar surface area (TPSA) is 20.2 Å². The van der Waals surface area contributed by atoms with Crippen molar-refractivity contribution >= 4 is 6.08 Å². The predicted octanol–water partition coefficient (Wildman–Crippen LogP) is 4.09. The van der Waals surface area contributed by atoms with Crippen LogP contribution in [0.3, 0.4) is 0 Å². The maximum atomic E-state index is 9.83. The molecule has 0 atom stereocenters. The molecular weight excluding hydrogens is 196 g/mol. The smallest absolute Gasteiger partial charge is 0.123 e. The number of hydrogen-bond acceptors (Lipinski definition) is 1. The van der Waals surface area contributed by atoms with Gasteiger partial charge in [-0.25, -0.2) is 0 Å². The molecule has 0 spiro atoms. The fraction of sp³-hybridized carbons (Fsp3) is 0.0667. The lowest BCUT2D eigenvalue weighted by atomic mass is 10.0. The Balaban J connectivity index is 2.51. The van der Waals surface area contributed by atoms with Crippen molar-refractivity contribution in [3.8, 4) is 16.9 Å². The molecule has 2 aromatic rings. The average molecular weight is 210 g/mol. The largest absolute Gasteiger partial charge is 0.507 e. The van der Waals surface area contributed by atoms with E-state index in [9.17, 15) is 5.11 Å². The monoisotopic (exact) mass is 210 g/mol. The fourth-order valence-electron chi connectivity index (χ4n) is 1.70. The maximum Gasteiger partial charge on any atom is 0.123 e. The van der Waals surface area contributed by atoms with Gasteiger partial charge in [0.25, 0.3) is 0 Å². The van der Waals surface area contributed by atoms with E-state index in [1.807, 2.05) is 61.5 Å². The maximum absolute atomic E-state index is 9.83. The summed E-state index contributed by atoms with van der Waals surface area (Å²) in [5.74, 6) is 0.319. The number of allylic oxidation sites excluding steroid dienone is 1. The number of phenols is 1. The summed E-state index contributed by atoms with van der Waals surface area (Å²) in [5, 5.41) is 9.83.